The zero-order valence-electron chi connectivity index (χ0n) is 11.4. The van der Waals surface area contributed by atoms with E-state index in [-0.39, 0.29) is 18.5 Å². The van der Waals surface area contributed by atoms with Gasteiger partial charge in [0, 0.05) is 19.2 Å². The van der Waals surface area contributed by atoms with E-state index >= 15 is 0 Å². The first-order valence-electron chi connectivity index (χ1n) is 5.91. The highest BCUT2D eigenvalue weighted by molar-refractivity contribution is 5.94. The van der Waals surface area contributed by atoms with E-state index in [1.807, 2.05) is 0 Å². The van der Waals surface area contributed by atoms with Crippen LogP contribution >= 0.6 is 0 Å². The Kier molecular flexibility index (Phi) is 5.57. The molecule has 0 atom stereocenters. The van der Waals surface area contributed by atoms with Gasteiger partial charge in [0.05, 0.1) is 13.5 Å². The van der Waals surface area contributed by atoms with Gasteiger partial charge < -0.3 is 14.4 Å². The molecule has 1 aromatic carbocycles. The summed E-state index contributed by atoms with van der Waals surface area (Å²) in [6.07, 6.45) is -4.74. The predicted octanol–water partition coefficient (Wildman–Crippen LogP) is 2.22. The number of amides is 1. The molecule has 0 aliphatic heterocycles. The number of hydrogen-bond acceptors (Lipinski definition) is 4. The van der Waals surface area contributed by atoms with Gasteiger partial charge >= 0.3 is 12.3 Å². The highest BCUT2D eigenvalue weighted by Crippen LogP contribution is 2.23. The zero-order valence-corrected chi connectivity index (χ0v) is 11.4. The summed E-state index contributed by atoms with van der Waals surface area (Å²) in [4.78, 5) is 24.2. The van der Waals surface area contributed by atoms with Gasteiger partial charge in [-0.1, -0.05) is 0 Å². The Morgan fingerprint density at radius 1 is 1.19 bits per heavy atom. The number of nitrogens with zero attached hydrogens (tertiary/aromatic N) is 1. The second-order valence-electron chi connectivity index (χ2n) is 4.13. The van der Waals surface area contributed by atoms with E-state index in [1.54, 1.807) is 0 Å². The van der Waals surface area contributed by atoms with E-state index in [2.05, 4.69) is 9.47 Å². The maximum absolute atomic E-state index is 12.0. The van der Waals surface area contributed by atoms with E-state index in [4.69, 9.17) is 0 Å². The standard InChI is InChI=1S/C13H14F3NO4/c1-17(8-7-11(18)20-2)12(19)9-3-5-10(6-4-9)21-13(14,15)16/h3-6H,7-8H2,1-2H3. The highest BCUT2D eigenvalue weighted by atomic mass is 19.4. The molecule has 0 aliphatic carbocycles. The van der Waals surface area contributed by atoms with Gasteiger partial charge in [0.1, 0.15) is 5.75 Å². The topological polar surface area (TPSA) is 55.8 Å². The first-order valence-corrected chi connectivity index (χ1v) is 5.91. The first kappa shape index (κ1) is 16.8. The van der Waals surface area contributed by atoms with Crippen molar-refractivity contribution in [2.24, 2.45) is 0 Å². The van der Waals surface area contributed by atoms with Crippen LogP contribution in [0.25, 0.3) is 0 Å². The second-order valence-corrected chi connectivity index (χ2v) is 4.13. The molecule has 0 saturated heterocycles. The number of methoxy groups -OCH3 is 1. The van der Waals surface area contributed by atoms with E-state index in [1.165, 1.54) is 31.2 Å². The quantitative estimate of drug-likeness (QED) is 0.783. The number of carbonyl (C=O) groups is 2. The zero-order chi connectivity index (χ0) is 16.0. The summed E-state index contributed by atoms with van der Waals surface area (Å²) in [7, 11) is 2.72. The Bertz CT molecular complexity index is 499. The fourth-order valence-electron chi connectivity index (χ4n) is 1.48. The van der Waals surface area contributed by atoms with Crippen molar-refractivity contribution < 1.29 is 32.2 Å². The van der Waals surface area contributed by atoms with Crippen LogP contribution in [-0.4, -0.2) is 43.8 Å². The van der Waals surface area contributed by atoms with Crippen LogP contribution in [0, 0.1) is 0 Å². The van der Waals surface area contributed by atoms with Crippen molar-refractivity contribution in [1.82, 2.24) is 4.90 Å². The van der Waals surface area contributed by atoms with E-state index in [9.17, 15) is 22.8 Å². The summed E-state index contributed by atoms with van der Waals surface area (Å²) in [5, 5.41) is 0. The molecule has 0 radical (unpaired) electrons. The van der Waals surface area contributed by atoms with Gasteiger partial charge in [-0.15, -0.1) is 13.2 Å². The van der Waals surface area contributed by atoms with Crippen LogP contribution in [0.2, 0.25) is 0 Å². The number of halogens is 3. The maximum atomic E-state index is 12.0. The van der Waals surface area contributed by atoms with Crippen molar-refractivity contribution >= 4 is 11.9 Å². The smallest absolute Gasteiger partial charge is 0.469 e. The van der Waals surface area contributed by atoms with Crippen LogP contribution in [0.4, 0.5) is 13.2 Å². The number of ether oxygens (including phenoxy) is 2. The van der Waals surface area contributed by atoms with Crippen LogP contribution in [0.3, 0.4) is 0 Å². The van der Waals surface area contributed by atoms with Crippen molar-refractivity contribution in [3.63, 3.8) is 0 Å². The molecule has 0 N–H and O–H groups in total. The summed E-state index contributed by atoms with van der Waals surface area (Å²) in [5.41, 5.74) is 0.192. The molecule has 5 nitrogen and oxygen atoms in total. The molecular weight excluding hydrogens is 291 g/mol. The average Bonchev–Trinajstić information content (AvgIpc) is 2.42. The van der Waals surface area contributed by atoms with Crippen molar-refractivity contribution in [3.05, 3.63) is 29.8 Å². The van der Waals surface area contributed by atoms with Gasteiger partial charge in [-0.05, 0) is 24.3 Å². The number of hydrogen-bond donors (Lipinski definition) is 0. The Hall–Kier alpha value is -2.25. The van der Waals surface area contributed by atoms with Crippen molar-refractivity contribution in [2.45, 2.75) is 12.8 Å². The van der Waals surface area contributed by atoms with Crippen molar-refractivity contribution in [3.8, 4) is 5.75 Å². The van der Waals surface area contributed by atoms with Crippen LogP contribution in [-0.2, 0) is 9.53 Å². The van der Waals surface area contributed by atoms with Crippen LogP contribution < -0.4 is 4.74 Å². The molecule has 0 fully saturated rings. The van der Waals surface area contributed by atoms with Gasteiger partial charge in [-0.2, -0.15) is 0 Å². The molecule has 0 heterocycles. The molecule has 0 saturated carbocycles. The van der Waals surface area contributed by atoms with Crippen LogP contribution in [0.1, 0.15) is 16.8 Å². The summed E-state index contributed by atoms with van der Waals surface area (Å²) in [5.74, 6) is -1.28. The minimum absolute atomic E-state index is 0.0357. The van der Waals surface area contributed by atoms with Gasteiger partial charge in [-0.25, -0.2) is 0 Å². The fourth-order valence-corrected chi connectivity index (χ4v) is 1.48. The van der Waals surface area contributed by atoms with Gasteiger partial charge in [-0.3, -0.25) is 9.59 Å². The second kappa shape index (κ2) is 6.96. The van der Waals surface area contributed by atoms with E-state index < -0.39 is 24.0 Å². The predicted molar refractivity (Wildman–Crippen MR) is 66.7 cm³/mol. The Morgan fingerprint density at radius 2 is 1.76 bits per heavy atom. The number of carbonyl (C=O) groups excluding carboxylic acids is 2. The highest BCUT2D eigenvalue weighted by Gasteiger charge is 2.31. The van der Waals surface area contributed by atoms with Gasteiger partial charge in [0.15, 0.2) is 0 Å². The SMILES string of the molecule is COC(=O)CCN(C)C(=O)c1ccc(OC(F)(F)F)cc1. The summed E-state index contributed by atoms with van der Waals surface area (Å²) >= 11 is 0. The number of esters is 1. The fraction of sp³-hybridized carbons (Fsp3) is 0.385. The molecule has 0 aromatic heterocycles. The molecule has 8 heteroatoms. The lowest BCUT2D eigenvalue weighted by Gasteiger charge is -2.16. The molecule has 0 unspecified atom stereocenters. The van der Waals surface area contributed by atoms with Crippen LogP contribution in [0.15, 0.2) is 24.3 Å². The molecule has 1 rings (SSSR count). The summed E-state index contributed by atoms with van der Waals surface area (Å²) in [6.45, 7) is 0.145. The number of rotatable bonds is 5. The average molecular weight is 305 g/mol. The van der Waals surface area contributed by atoms with E-state index in [0.717, 1.165) is 12.1 Å². The summed E-state index contributed by atoms with van der Waals surface area (Å²) in [6, 6.07) is 4.54. The Labute approximate surface area is 119 Å². The third kappa shape index (κ3) is 5.72. The van der Waals surface area contributed by atoms with Gasteiger partial charge in [0.2, 0.25) is 0 Å². The van der Waals surface area contributed by atoms with E-state index in [0.29, 0.717) is 0 Å². The normalized spacial score (nSPS) is 10.9. The van der Waals surface area contributed by atoms with Crippen molar-refractivity contribution in [2.75, 3.05) is 20.7 Å². The molecule has 1 amide bonds. The van der Waals surface area contributed by atoms with Crippen LogP contribution in [0.5, 0.6) is 5.75 Å². The molecule has 0 aliphatic rings. The lowest BCUT2D eigenvalue weighted by Crippen LogP contribution is -2.29. The minimum Gasteiger partial charge on any atom is -0.469 e. The third-order valence-electron chi connectivity index (χ3n) is 2.56. The summed E-state index contributed by atoms with van der Waals surface area (Å²) < 4.78 is 44.1. The largest absolute Gasteiger partial charge is 0.573 e. The molecule has 116 valence electrons. The molecular formula is C13H14F3NO4. The minimum atomic E-state index is -4.77. The molecule has 1 aromatic rings. The number of benzene rings is 1. The lowest BCUT2D eigenvalue weighted by molar-refractivity contribution is -0.274. The van der Waals surface area contributed by atoms with Gasteiger partial charge in [0.25, 0.3) is 5.91 Å². The third-order valence-corrected chi connectivity index (χ3v) is 2.56. The van der Waals surface area contributed by atoms with Crippen molar-refractivity contribution in [1.29, 1.82) is 0 Å². The molecule has 0 bridgehead atoms. The molecule has 0 spiro atoms. The molecule has 21 heavy (non-hydrogen) atoms. The first-order chi connectivity index (χ1) is 9.73. The maximum Gasteiger partial charge on any atom is 0.573 e. The monoisotopic (exact) mass is 305 g/mol. The Morgan fingerprint density at radius 3 is 2.24 bits per heavy atom. The number of alkyl halides is 3. The Balaban J connectivity index is 2.64. The lowest BCUT2D eigenvalue weighted by atomic mass is 10.2.